The average molecular weight is 541 g/mol. The third-order valence-corrected chi connectivity index (χ3v) is 7.89. The van der Waals surface area contributed by atoms with Crippen LogP contribution in [-0.4, -0.2) is 58.5 Å². The fourth-order valence-electron chi connectivity index (χ4n) is 5.52. The van der Waals surface area contributed by atoms with Gasteiger partial charge in [-0.05, 0) is 92.7 Å². The van der Waals surface area contributed by atoms with Gasteiger partial charge in [-0.1, -0.05) is 24.6 Å². The molecule has 0 bridgehead atoms. The molecule has 2 amide bonds. The van der Waals surface area contributed by atoms with Gasteiger partial charge >= 0.3 is 5.97 Å². The number of carboxylic acid groups (broad SMARTS) is 1. The number of aliphatic carboxylic acids is 1. The molecule has 1 aromatic heterocycles. The lowest BCUT2D eigenvalue weighted by atomic mass is 9.89. The molecule has 1 unspecified atom stereocenters. The first-order chi connectivity index (χ1) is 18.2. The van der Waals surface area contributed by atoms with Crippen molar-refractivity contribution in [1.82, 2.24) is 15.2 Å². The Bertz CT molecular complexity index is 1190. The van der Waals surface area contributed by atoms with Gasteiger partial charge in [-0.3, -0.25) is 9.59 Å². The van der Waals surface area contributed by atoms with Crippen LogP contribution in [-0.2, 0) is 28.9 Å². The fraction of sp³-hybridized carbons (Fsp3) is 0.517. The molecule has 0 aliphatic carbocycles. The van der Waals surface area contributed by atoms with Gasteiger partial charge in [0.2, 0.25) is 5.91 Å². The molecule has 1 atom stereocenters. The summed E-state index contributed by atoms with van der Waals surface area (Å²) in [6.45, 7) is 5.87. The molecule has 0 saturated carbocycles. The number of pyridine rings is 1. The van der Waals surface area contributed by atoms with Crippen molar-refractivity contribution < 1.29 is 19.5 Å². The first-order valence-corrected chi connectivity index (χ1v) is 14.0. The molecular weight excluding hydrogens is 504 g/mol. The van der Waals surface area contributed by atoms with E-state index in [-0.39, 0.29) is 17.7 Å². The van der Waals surface area contributed by atoms with E-state index < -0.39 is 12.0 Å². The molecule has 1 aromatic carbocycles. The Morgan fingerprint density at radius 3 is 2.71 bits per heavy atom. The molecule has 1 fully saturated rings. The highest BCUT2D eigenvalue weighted by Crippen LogP contribution is 2.25. The molecule has 38 heavy (non-hydrogen) atoms. The summed E-state index contributed by atoms with van der Waals surface area (Å²) < 4.78 is 0. The van der Waals surface area contributed by atoms with E-state index in [0.717, 1.165) is 42.0 Å². The number of carbonyl (C=O) groups is 3. The summed E-state index contributed by atoms with van der Waals surface area (Å²) in [5, 5.41) is 16.4. The van der Waals surface area contributed by atoms with Gasteiger partial charge in [0.1, 0.15) is 11.9 Å². The summed E-state index contributed by atoms with van der Waals surface area (Å²) in [5.41, 5.74) is 4.17. The summed E-state index contributed by atoms with van der Waals surface area (Å²) in [6, 6.07) is 6.61. The number of aromatic nitrogens is 1. The van der Waals surface area contributed by atoms with Crippen molar-refractivity contribution in [2.24, 2.45) is 5.92 Å². The Morgan fingerprint density at radius 1 is 1.24 bits per heavy atom. The van der Waals surface area contributed by atoms with E-state index in [4.69, 9.17) is 11.6 Å². The summed E-state index contributed by atoms with van der Waals surface area (Å²) in [5.74, 6) is -0.273. The van der Waals surface area contributed by atoms with E-state index in [9.17, 15) is 19.5 Å². The maximum Gasteiger partial charge on any atom is 0.326 e. The van der Waals surface area contributed by atoms with Crippen molar-refractivity contribution >= 4 is 35.2 Å². The van der Waals surface area contributed by atoms with Crippen LogP contribution in [0.15, 0.2) is 24.3 Å². The Labute approximate surface area is 229 Å². The largest absolute Gasteiger partial charge is 0.480 e. The standard InChI is InChI=1S/C29H37ClN4O4/c1-3-20-17-22(30)15-18(2)26(20)28(36)33-24(29(37)38)16-19-10-13-34(14-11-19)25(35)9-8-23-7-6-21-5-4-12-31-27(21)32-23/h6-7,15,17,19,24H,3-5,8-14,16H2,1-2H3,(H,31,32)(H,33,36)(H,37,38). The predicted molar refractivity (Wildman–Crippen MR) is 148 cm³/mol. The number of nitrogens with one attached hydrogen (secondary N) is 2. The molecule has 204 valence electrons. The number of likely N-dealkylation sites (tertiary alicyclic amines) is 1. The number of hydrogen-bond donors (Lipinski definition) is 3. The third kappa shape index (κ3) is 6.84. The molecule has 3 N–H and O–H groups in total. The number of carbonyl (C=O) groups excluding carboxylic acids is 2. The number of nitrogens with zero attached hydrogens (tertiary/aromatic N) is 2. The van der Waals surface area contributed by atoms with E-state index in [2.05, 4.69) is 21.7 Å². The van der Waals surface area contributed by atoms with Crippen molar-refractivity contribution in [2.75, 3.05) is 25.0 Å². The SMILES string of the molecule is CCc1cc(Cl)cc(C)c1C(=O)NC(CC1CCN(C(=O)CCc2ccc3c(n2)NCCC3)CC1)C(=O)O. The Balaban J connectivity index is 1.27. The van der Waals surface area contributed by atoms with Gasteiger partial charge in [0.25, 0.3) is 5.91 Å². The zero-order chi connectivity index (χ0) is 27.2. The smallest absolute Gasteiger partial charge is 0.326 e. The summed E-state index contributed by atoms with van der Waals surface area (Å²) >= 11 is 6.14. The molecular formula is C29H37ClN4O4. The zero-order valence-electron chi connectivity index (χ0n) is 22.2. The number of carboxylic acids is 1. The van der Waals surface area contributed by atoms with Crippen molar-refractivity contribution in [3.05, 3.63) is 57.2 Å². The van der Waals surface area contributed by atoms with Crippen LogP contribution in [0.2, 0.25) is 5.02 Å². The van der Waals surface area contributed by atoms with Crippen molar-refractivity contribution in [1.29, 1.82) is 0 Å². The molecule has 0 radical (unpaired) electrons. The van der Waals surface area contributed by atoms with E-state index in [1.807, 2.05) is 17.9 Å². The molecule has 9 heteroatoms. The summed E-state index contributed by atoms with van der Waals surface area (Å²) in [6.07, 6.45) is 5.55. The van der Waals surface area contributed by atoms with Crippen LogP contribution >= 0.6 is 11.6 Å². The summed E-state index contributed by atoms with van der Waals surface area (Å²) in [4.78, 5) is 44.4. The number of aryl methyl sites for hydroxylation is 4. The number of fused-ring (bicyclic) bond motifs is 1. The Morgan fingerprint density at radius 2 is 2.00 bits per heavy atom. The van der Waals surface area contributed by atoms with Crippen molar-refractivity contribution in [2.45, 2.75) is 71.3 Å². The summed E-state index contributed by atoms with van der Waals surface area (Å²) in [7, 11) is 0. The second-order valence-corrected chi connectivity index (χ2v) is 10.8. The average Bonchev–Trinajstić information content (AvgIpc) is 2.90. The highest BCUT2D eigenvalue weighted by atomic mass is 35.5. The van der Waals surface area contributed by atoms with Crippen molar-refractivity contribution in [3.8, 4) is 0 Å². The van der Waals surface area contributed by atoms with E-state index in [1.54, 1.807) is 19.1 Å². The third-order valence-electron chi connectivity index (χ3n) is 7.68. The number of benzene rings is 1. The first-order valence-electron chi connectivity index (χ1n) is 13.6. The van der Waals surface area contributed by atoms with Gasteiger partial charge in [-0.15, -0.1) is 0 Å². The lowest BCUT2D eigenvalue weighted by molar-refractivity contribution is -0.140. The topological polar surface area (TPSA) is 112 Å². The lowest BCUT2D eigenvalue weighted by Crippen LogP contribution is -2.45. The van der Waals surface area contributed by atoms with Gasteiger partial charge in [0.05, 0.1) is 0 Å². The van der Waals surface area contributed by atoms with E-state index >= 15 is 0 Å². The number of rotatable bonds is 9. The van der Waals surface area contributed by atoms with Crippen LogP contribution in [0.4, 0.5) is 5.82 Å². The van der Waals surface area contributed by atoms with Crippen LogP contribution in [0.25, 0.3) is 0 Å². The minimum Gasteiger partial charge on any atom is -0.480 e. The lowest BCUT2D eigenvalue weighted by Gasteiger charge is -2.33. The Kier molecular flexibility index (Phi) is 9.26. The number of anilines is 1. The van der Waals surface area contributed by atoms with Crippen molar-refractivity contribution in [3.63, 3.8) is 0 Å². The van der Waals surface area contributed by atoms with E-state index in [0.29, 0.717) is 62.2 Å². The number of hydrogen-bond acceptors (Lipinski definition) is 5. The predicted octanol–water partition coefficient (Wildman–Crippen LogP) is 4.41. The molecule has 0 spiro atoms. The quantitative estimate of drug-likeness (QED) is 0.434. The molecule has 4 rings (SSSR count). The zero-order valence-corrected chi connectivity index (χ0v) is 22.9. The molecule has 2 aromatic rings. The highest BCUT2D eigenvalue weighted by Gasteiger charge is 2.29. The van der Waals surface area contributed by atoms with Gasteiger partial charge in [0.15, 0.2) is 0 Å². The van der Waals surface area contributed by atoms with Crippen LogP contribution in [0.5, 0.6) is 0 Å². The number of amides is 2. The second kappa shape index (κ2) is 12.6. The minimum absolute atomic E-state index is 0.101. The van der Waals surface area contributed by atoms with Gasteiger partial charge in [-0.2, -0.15) is 0 Å². The first kappa shape index (κ1) is 27.9. The van der Waals surface area contributed by atoms with Gasteiger partial charge in [-0.25, -0.2) is 9.78 Å². The van der Waals surface area contributed by atoms with Crippen LogP contribution < -0.4 is 10.6 Å². The van der Waals surface area contributed by atoms with E-state index in [1.165, 1.54) is 5.56 Å². The molecule has 8 nitrogen and oxygen atoms in total. The Hall–Kier alpha value is -3.13. The molecule has 2 aliphatic rings. The number of piperidine rings is 1. The van der Waals surface area contributed by atoms with Crippen LogP contribution in [0.3, 0.4) is 0 Å². The molecule has 3 heterocycles. The number of halogens is 1. The van der Waals surface area contributed by atoms with Gasteiger partial charge < -0.3 is 20.6 Å². The maximum atomic E-state index is 13.0. The highest BCUT2D eigenvalue weighted by molar-refractivity contribution is 6.30. The monoisotopic (exact) mass is 540 g/mol. The van der Waals surface area contributed by atoms with Gasteiger partial charge in [0, 0.05) is 42.3 Å². The maximum absolute atomic E-state index is 13.0. The fourth-order valence-corrected chi connectivity index (χ4v) is 5.82. The van der Waals surface area contributed by atoms with Crippen LogP contribution in [0, 0.1) is 12.8 Å². The second-order valence-electron chi connectivity index (χ2n) is 10.4. The van der Waals surface area contributed by atoms with Crippen LogP contribution in [0.1, 0.15) is 71.8 Å². The molecule has 2 aliphatic heterocycles. The minimum atomic E-state index is -1.05. The normalized spacial score (nSPS) is 16.3. The molecule has 1 saturated heterocycles.